The topological polar surface area (TPSA) is 45.8 Å². The number of aliphatic imine (C=N–C) groups is 1. The summed E-state index contributed by atoms with van der Waals surface area (Å²) >= 11 is 1.35. The van der Waals surface area contributed by atoms with E-state index >= 15 is 0 Å². The fraction of sp³-hybridized carbons (Fsp3) is 0.200. The number of hydrogen-bond donors (Lipinski definition) is 0. The van der Waals surface area contributed by atoms with Gasteiger partial charge >= 0.3 is 0 Å². The lowest BCUT2D eigenvalue weighted by Gasteiger charge is -2.06. The molecule has 0 bridgehead atoms. The van der Waals surface area contributed by atoms with Crippen LogP contribution < -0.4 is 0 Å². The highest BCUT2D eigenvalue weighted by Gasteiger charge is 2.30. The molecule has 3 aromatic rings. The monoisotopic (exact) mass is 418 g/mol. The number of benzene rings is 2. The van der Waals surface area contributed by atoms with Gasteiger partial charge in [-0.25, -0.2) is 4.99 Å². The molecular formula is C25H26N2O2S. The van der Waals surface area contributed by atoms with Crippen LogP contribution in [0.25, 0.3) is 17.4 Å². The molecule has 1 aliphatic heterocycles. The number of carbonyl (C=O) groups is 1. The molecule has 154 valence electrons. The van der Waals surface area contributed by atoms with E-state index in [-0.39, 0.29) is 5.91 Å². The zero-order chi connectivity index (χ0) is 21.5. The Morgan fingerprint density at radius 1 is 1.00 bits per heavy atom. The third kappa shape index (κ3) is 5.30. The molecule has 1 fully saturated rings. The van der Waals surface area contributed by atoms with Crippen LogP contribution in [0.5, 0.6) is 0 Å². The Labute approximate surface area is 182 Å². The standard InChI is InChI=1S/C22H18N2O2S.C3H8/c1-15-8-10-16(11-9-15)19-13-12-18(26-19)14-20-21(25)24(2)22(27-20)23-17-6-4-3-5-7-17;1-3-2/h3-14H,1-2H3;3H2,1-2H3/b20-14-,23-22?;. The molecule has 0 aliphatic carbocycles. The van der Waals surface area contributed by atoms with Gasteiger partial charge in [-0.05, 0) is 43.0 Å². The first kappa shape index (κ1) is 21.7. The molecule has 0 saturated carbocycles. The van der Waals surface area contributed by atoms with Crippen molar-refractivity contribution in [1.82, 2.24) is 4.90 Å². The van der Waals surface area contributed by atoms with Crippen LogP contribution >= 0.6 is 11.8 Å². The number of carbonyl (C=O) groups excluding carboxylic acids is 1. The van der Waals surface area contributed by atoms with E-state index in [9.17, 15) is 4.79 Å². The normalized spacial score (nSPS) is 16.1. The minimum Gasteiger partial charge on any atom is -0.457 e. The number of aryl methyl sites for hydroxylation is 1. The van der Waals surface area contributed by atoms with Gasteiger partial charge in [0.1, 0.15) is 11.5 Å². The number of amides is 1. The van der Waals surface area contributed by atoms with Gasteiger partial charge in [0.05, 0.1) is 10.6 Å². The van der Waals surface area contributed by atoms with Crippen LogP contribution in [0.15, 0.2) is 81.0 Å². The number of likely N-dealkylation sites (N-methyl/N-ethyl adjacent to an activating group) is 1. The lowest BCUT2D eigenvalue weighted by Crippen LogP contribution is -2.23. The van der Waals surface area contributed by atoms with Gasteiger partial charge in [0.25, 0.3) is 5.91 Å². The molecule has 2 aromatic carbocycles. The van der Waals surface area contributed by atoms with Crippen LogP contribution in [-0.4, -0.2) is 23.0 Å². The zero-order valence-electron chi connectivity index (χ0n) is 17.8. The van der Waals surface area contributed by atoms with Gasteiger partial charge in [0, 0.05) is 18.7 Å². The molecule has 4 rings (SSSR count). The fourth-order valence-electron chi connectivity index (χ4n) is 2.70. The van der Waals surface area contributed by atoms with Crippen molar-refractivity contribution in [1.29, 1.82) is 0 Å². The molecule has 0 N–H and O–H groups in total. The van der Waals surface area contributed by atoms with Crippen LogP contribution in [0.2, 0.25) is 0 Å². The third-order valence-electron chi connectivity index (χ3n) is 4.22. The summed E-state index contributed by atoms with van der Waals surface area (Å²) in [5, 5.41) is 0.655. The molecule has 30 heavy (non-hydrogen) atoms. The average molecular weight is 419 g/mol. The number of thioether (sulfide) groups is 1. The van der Waals surface area contributed by atoms with Crippen LogP contribution in [0.3, 0.4) is 0 Å². The van der Waals surface area contributed by atoms with Crippen molar-refractivity contribution in [3.05, 3.63) is 83.0 Å². The first-order valence-corrected chi connectivity index (χ1v) is 10.8. The number of nitrogens with zero attached hydrogens (tertiary/aromatic N) is 2. The van der Waals surface area contributed by atoms with E-state index in [1.807, 2.05) is 66.7 Å². The first-order valence-electron chi connectivity index (χ1n) is 10.00. The molecule has 0 unspecified atom stereocenters. The highest BCUT2D eigenvalue weighted by molar-refractivity contribution is 8.18. The molecule has 4 nitrogen and oxygen atoms in total. The van der Waals surface area contributed by atoms with Crippen LogP contribution in [0, 0.1) is 6.92 Å². The van der Waals surface area contributed by atoms with Crippen molar-refractivity contribution >= 4 is 34.6 Å². The van der Waals surface area contributed by atoms with Crippen LogP contribution in [0.1, 0.15) is 31.6 Å². The zero-order valence-corrected chi connectivity index (χ0v) is 18.6. The molecule has 5 heteroatoms. The van der Waals surface area contributed by atoms with Gasteiger partial charge in [-0.3, -0.25) is 9.69 Å². The lowest BCUT2D eigenvalue weighted by molar-refractivity contribution is -0.121. The van der Waals surface area contributed by atoms with Gasteiger partial charge < -0.3 is 4.42 Å². The summed E-state index contributed by atoms with van der Waals surface area (Å²) in [4.78, 5) is 19.3. The summed E-state index contributed by atoms with van der Waals surface area (Å²) in [7, 11) is 1.73. The fourth-order valence-corrected chi connectivity index (χ4v) is 3.66. The number of furan rings is 1. The van der Waals surface area contributed by atoms with Crippen molar-refractivity contribution in [3.63, 3.8) is 0 Å². The molecule has 0 atom stereocenters. The van der Waals surface area contributed by atoms with E-state index in [2.05, 4.69) is 25.8 Å². The first-order chi connectivity index (χ1) is 14.5. The number of hydrogen-bond acceptors (Lipinski definition) is 4. The smallest absolute Gasteiger partial charge is 0.266 e. The SMILES string of the molecule is CCC.Cc1ccc(-c2ccc(/C=C3\SC(=Nc4ccccc4)N(C)C3=O)o2)cc1. The van der Waals surface area contributed by atoms with Crippen molar-refractivity contribution < 1.29 is 9.21 Å². The molecule has 0 radical (unpaired) electrons. The third-order valence-corrected chi connectivity index (χ3v) is 5.28. The molecule has 1 amide bonds. The second-order valence-corrected chi connectivity index (χ2v) is 7.99. The Hall–Kier alpha value is -3.05. The van der Waals surface area contributed by atoms with Gasteiger partial charge in [-0.1, -0.05) is 68.3 Å². The predicted octanol–water partition coefficient (Wildman–Crippen LogP) is 6.91. The maximum Gasteiger partial charge on any atom is 0.266 e. The van der Waals surface area contributed by atoms with Crippen molar-refractivity contribution in [2.75, 3.05) is 7.05 Å². The number of amidine groups is 1. The van der Waals surface area contributed by atoms with E-state index < -0.39 is 0 Å². The molecule has 0 spiro atoms. The van der Waals surface area contributed by atoms with E-state index in [0.29, 0.717) is 15.8 Å². The summed E-state index contributed by atoms with van der Waals surface area (Å²) < 4.78 is 5.91. The molecule has 1 aliphatic rings. The van der Waals surface area contributed by atoms with Gasteiger partial charge in [0.2, 0.25) is 0 Å². The van der Waals surface area contributed by atoms with Gasteiger partial charge in [0.15, 0.2) is 5.17 Å². The quantitative estimate of drug-likeness (QED) is 0.434. The molecule has 2 heterocycles. The minimum atomic E-state index is -0.0806. The van der Waals surface area contributed by atoms with Gasteiger partial charge in [-0.2, -0.15) is 0 Å². The Bertz CT molecular complexity index is 1050. The Kier molecular flexibility index (Phi) is 7.31. The second kappa shape index (κ2) is 10.1. The second-order valence-electron chi connectivity index (χ2n) is 6.98. The summed E-state index contributed by atoms with van der Waals surface area (Å²) in [5.41, 5.74) is 3.04. The minimum absolute atomic E-state index is 0.0806. The number of rotatable bonds is 3. The van der Waals surface area contributed by atoms with Crippen molar-refractivity contribution in [2.24, 2.45) is 4.99 Å². The predicted molar refractivity (Wildman–Crippen MR) is 127 cm³/mol. The Morgan fingerprint density at radius 2 is 1.67 bits per heavy atom. The Morgan fingerprint density at radius 3 is 2.33 bits per heavy atom. The summed E-state index contributed by atoms with van der Waals surface area (Å²) in [6, 6.07) is 21.6. The highest BCUT2D eigenvalue weighted by atomic mass is 32.2. The molecule has 1 aromatic heterocycles. The highest BCUT2D eigenvalue weighted by Crippen LogP contribution is 2.34. The van der Waals surface area contributed by atoms with Crippen LogP contribution in [-0.2, 0) is 4.79 Å². The summed E-state index contributed by atoms with van der Waals surface area (Å²) in [6.45, 7) is 6.30. The van der Waals surface area contributed by atoms with Gasteiger partial charge in [-0.15, -0.1) is 0 Å². The van der Waals surface area contributed by atoms with E-state index in [1.54, 1.807) is 18.0 Å². The van der Waals surface area contributed by atoms with E-state index in [4.69, 9.17) is 4.42 Å². The maximum atomic E-state index is 12.5. The molecular weight excluding hydrogens is 392 g/mol. The summed E-state index contributed by atoms with van der Waals surface area (Å²) in [6.07, 6.45) is 3.02. The van der Waals surface area contributed by atoms with E-state index in [1.165, 1.54) is 23.7 Å². The summed E-state index contributed by atoms with van der Waals surface area (Å²) in [5.74, 6) is 1.35. The largest absolute Gasteiger partial charge is 0.457 e. The van der Waals surface area contributed by atoms with E-state index in [0.717, 1.165) is 17.0 Å². The van der Waals surface area contributed by atoms with Crippen molar-refractivity contribution in [3.8, 4) is 11.3 Å². The lowest BCUT2D eigenvalue weighted by atomic mass is 10.1. The molecule has 1 saturated heterocycles. The average Bonchev–Trinajstić information content (AvgIpc) is 3.31. The number of para-hydroxylation sites is 1. The van der Waals surface area contributed by atoms with Crippen molar-refractivity contribution in [2.45, 2.75) is 27.2 Å². The van der Waals surface area contributed by atoms with Crippen LogP contribution in [0.4, 0.5) is 5.69 Å². The Balaban J connectivity index is 0.000000806. The maximum absolute atomic E-state index is 12.5.